The molecule has 0 N–H and O–H groups in total. The van der Waals surface area contributed by atoms with Crippen LogP contribution in [0.5, 0.6) is 5.75 Å². The molecule has 0 bridgehead atoms. The largest absolute Gasteiger partial charge is 0.479 e. The molecule has 114 valence electrons. The van der Waals surface area contributed by atoms with Crippen LogP contribution in [0, 0.1) is 29.9 Å². The van der Waals surface area contributed by atoms with Crippen molar-refractivity contribution in [1.82, 2.24) is 4.57 Å². The minimum Gasteiger partial charge on any atom is -0.479 e. The molecule has 2 rings (SSSR count). The van der Waals surface area contributed by atoms with Crippen LogP contribution in [0.15, 0.2) is 29.1 Å². The van der Waals surface area contributed by atoms with E-state index >= 15 is 0 Å². The summed E-state index contributed by atoms with van der Waals surface area (Å²) in [4.78, 5) is 12.1. The molecule has 0 unspecified atom stereocenters. The number of aromatic nitrogens is 1. The zero-order valence-corrected chi connectivity index (χ0v) is 12.2. The molecule has 0 atom stereocenters. The smallest absolute Gasteiger partial charge is 0.253 e. The summed E-state index contributed by atoms with van der Waals surface area (Å²) in [7, 11) is 0. The Balaban J connectivity index is 2.62. The molecule has 0 aliphatic carbocycles. The molecule has 0 aliphatic heterocycles. The zero-order valence-electron chi connectivity index (χ0n) is 12.2. The van der Waals surface area contributed by atoms with Crippen molar-refractivity contribution in [2.24, 2.45) is 0 Å². The van der Waals surface area contributed by atoms with Crippen LogP contribution in [-0.2, 0) is 6.54 Å². The van der Waals surface area contributed by atoms with Crippen LogP contribution >= 0.6 is 0 Å². The number of nitrogens with zero attached hydrogens (tertiary/aromatic N) is 2. The van der Waals surface area contributed by atoms with Crippen LogP contribution in [0.4, 0.5) is 8.78 Å². The van der Waals surface area contributed by atoms with Crippen LogP contribution < -0.4 is 10.3 Å². The Morgan fingerprint density at radius 1 is 1.27 bits per heavy atom. The molecule has 0 fully saturated rings. The maximum absolute atomic E-state index is 14.3. The Kier molecular flexibility index (Phi) is 4.56. The van der Waals surface area contributed by atoms with E-state index in [4.69, 9.17) is 10.00 Å². The molecule has 0 amide bonds. The molecule has 0 saturated carbocycles. The highest BCUT2D eigenvalue weighted by atomic mass is 19.1. The lowest BCUT2D eigenvalue weighted by Crippen LogP contribution is -2.23. The van der Waals surface area contributed by atoms with Crippen LogP contribution in [0.1, 0.15) is 12.5 Å². The summed E-state index contributed by atoms with van der Waals surface area (Å²) in [6.45, 7) is 3.36. The van der Waals surface area contributed by atoms with Crippen molar-refractivity contribution in [3.8, 4) is 23.1 Å². The van der Waals surface area contributed by atoms with Gasteiger partial charge in [0.2, 0.25) is 0 Å². The molecule has 6 heteroatoms. The first-order valence-corrected chi connectivity index (χ1v) is 6.69. The average molecular weight is 304 g/mol. The van der Waals surface area contributed by atoms with Crippen LogP contribution in [0.2, 0.25) is 0 Å². The first-order valence-electron chi connectivity index (χ1n) is 6.69. The number of ether oxygens (including phenoxy) is 1. The Labute approximate surface area is 126 Å². The molecule has 1 aromatic heterocycles. The van der Waals surface area contributed by atoms with Crippen molar-refractivity contribution in [1.29, 1.82) is 5.26 Å². The van der Waals surface area contributed by atoms with Crippen molar-refractivity contribution in [3.63, 3.8) is 0 Å². The summed E-state index contributed by atoms with van der Waals surface area (Å²) in [5.41, 5.74) is 0.0900. The summed E-state index contributed by atoms with van der Waals surface area (Å²) in [6, 6.07) is 6.76. The maximum Gasteiger partial charge on any atom is 0.253 e. The van der Waals surface area contributed by atoms with E-state index in [-0.39, 0.29) is 29.2 Å². The van der Waals surface area contributed by atoms with E-state index < -0.39 is 11.6 Å². The van der Waals surface area contributed by atoms with Gasteiger partial charge in [0.15, 0.2) is 6.61 Å². The standard InChI is InChI=1S/C16H14F2N2O2/c1-3-20-14(5-4-10(2)16(20)21)15-12(17)8-11(9-13(15)18)22-7-6-19/h4-5,8-9H,3,7H2,1-2H3. The number of halogens is 2. The molecule has 22 heavy (non-hydrogen) atoms. The number of nitriles is 1. The molecule has 1 heterocycles. The summed E-state index contributed by atoms with van der Waals surface area (Å²) in [5, 5.41) is 8.42. The fourth-order valence-electron chi connectivity index (χ4n) is 2.21. The molecular formula is C16H14F2N2O2. The lowest BCUT2D eigenvalue weighted by atomic mass is 10.1. The average Bonchev–Trinajstić information content (AvgIpc) is 2.48. The van der Waals surface area contributed by atoms with Crippen LogP contribution in [-0.4, -0.2) is 11.2 Å². The normalized spacial score (nSPS) is 10.3. The van der Waals surface area contributed by atoms with Gasteiger partial charge in [0.1, 0.15) is 23.5 Å². The number of hydrogen-bond donors (Lipinski definition) is 0. The number of aryl methyl sites for hydroxylation is 1. The second-order valence-electron chi connectivity index (χ2n) is 4.66. The van der Waals surface area contributed by atoms with Gasteiger partial charge >= 0.3 is 0 Å². The Morgan fingerprint density at radius 3 is 2.45 bits per heavy atom. The number of pyridine rings is 1. The van der Waals surface area contributed by atoms with Crippen molar-refractivity contribution >= 4 is 0 Å². The lowest BCUT2D eigenvalue weighted by Gasteiger charge is -2.14. The van der Waals surface area contributed by atoms with Gasteiger partial charge in [-0.2, -0.15) is 5.26 Å². The third-order valence-corrected chi connectivity index (χ3v) is 3.26. The fraction of sp³-hybridized carbons (Fsp3) is 0.250. The highest BCUT2D eigenvalue weighted by molar-refractivity contribution is 5.63. The maximum atomic E-state index is 14.3. The minimum atomic E-state index is -0.849. The second-order valence-corrected chi connectivity index (χ2v) is 4.66. The number of rotatable bonds is 4. The monoisotopic (exact) mass is 304 g/mol. The third-order valence-electron chi connectivity index (χ3n) is 3.26. The van der Waals surface area contributed by atoms with Gasteiger partial charge in [-0.05, 0) is 19.9 Å². The van der Waals surface area contributed by atoms with Crippen molar-refractivity contribution in [3.05, 3.63) is 51.8 Å². The van der Waals surface area contributed by atoms with E-state index in [0.29, 0.717) is 12.1 Å². The first-order chi connectivity index (χ1) is 10.5. The van der Waals surface area contributed by atoms with Gasteiger partial charge in [0.25, 0.3) is 5.56 Å². The number of hydrogen-bond acceptors (Lipinski definition) is 3. The van der Waals surface area contributed by atoms with Crippen molar-refractivity contribution in [2.45, 2.75) is 20.4 Å². The summed E-state index contributed by atoms with van der Waals surface area (Å²) in [5.74, 6) is -1.77. The van der Waals surface area contributed by atoms with E-state index in [9.17, 15) is 13.6 Å². The number of benzene rings is 1. The zero-order chi connectivity index (χ0) is 16.3. The second kappa shape index (κ2) is 6.39. The lowest BCUT2D eigenvalue weighted by molar-refractivity contribution is 0.363. The fourth-order valence-corrected chi connectivity index (χ4v) is 2.21. The van der Waals surface area contributed by atoms with Crippen LogP contribution in [0.3, 0.4) is 0 Å². The molecule has 0 saturated heterocycles. The van der Waals surface area contributed by atoms with E-state index in [1.165, 1.54) is 16.7 Å². The third kappa shape index (κ3) is 2.84. The van der Waals surface area contributed by atoms with Crippen molar-refractivity contribution < 1.29 is 13.5 Å². The van der Waals surface area contributed by atoms with Gasteiger partial charge in [-0.3, -0.25) is 4.79 Å². The molecule has 0 aliphatic rings. The quantitative estimate of drug-likeness (QED) is 0.872. The van der Waals surface area contributed by atoms with E-state index in [0.717, 1.165) is 12.1 Å². The van der Waals surface area contributed by atoms with Gasteiger partial charge in [-0.25, -0.2) is 8.78 Å². The molecule has 0 spiro atoms. The van der Waals surface area contributed by atoms with Crippen molar-refractivity contribution in [2.75, 3.05) is 6.61 Å². The highest BCUT2D eigenvalue weighted by Crippen LogP contribution is 2.29. The summed E-state index contributed by atoms with van der Waals surface area (Å²) >= 11 is 0. The molecule has 4 nitrogen and oxygen atoms in total. The molecule has 2 aromatic rings. The summed E-state index contributed by atoms with van der Waals surface area (Å²) in [6.07, 6.45) is 0. The first kappa shape index (κ1) is 15.7. The van der Waals surface area contributed by atoms with Gasteiger partial charge < -0.3 is 9.30 Å². The predicted octanol–water partition coefficient (Wildman–Crippen LogP) is 3.02. The van der Waals surface area contributed by atoms with E-state index in [1.807, 2.05) is 0 Å². The van der Waals surface area contributed by atoms with Gasteiger partial charge in [-0.15, -0.1) is 0 Å². The molecule has 0 radical (unpaired) electrons. The van der Waals surface area contributed by atoms with Gasteiger partial charge in [-0.1, -0.05) is 6.07 Å². The Bertz CT molecular complexity index is 784. The topological polar surface area (TPSA) is 55.0 Å². The molecule has 1 aromatic carbocycles. The highest BCUT2D eigenvalue weighted by Gasteiger charge is 2.18. The van der Waals surface area contributed by atoms with E-state index in [1.54, 1.807) is 19.9 Å². The SMILES string of the molecule is CCn1c(-c2c(F)cc(OCC#N)cc2F)ccc(C)c1=O. The molecular weight excluding hydrogens is 290 g/mol. The minimum absolute atomic E-state index is 0.0715. The van der Waals surface area contributed by atoms with E-state index in [2.05, 4.69) is 0 Å². The van der Waals surface area contributed by atoms with Gasteiger partial charge in [0, 0.05) is 24.2 Å². The predicted molar refractivity (Wildman–Crippen MR) is 77.6 cm³/mol. The van der Waals surface area contributed by atoms with Crippen LogP contribution in [0.25, 0.3) is 11.3 Å². The Morgan fingerprint density at radius 2 is 1.91 bits per heavy atom. The van der Waals surface area contributed by atoms with Gasteiger partial charge in [0.05, 0.1) is 11.3 Å². The summed E-state index contributed by atoms with van der Waals surface area (Å²) < 4.78 is 34.7. The Hall–Kier alpha value is -2.68.